The molecule has 1 rings (SSSR count). The maximum Gasteiger partial charge on any atom is 0.221 e. The molecule has 5 heteroatoms. The van der Waals surface area contributed by atoms with E-state index in [9.17, 15) is 4.79 Å². The Bertz CT molecular complexity index is 235. The molecule has 0 atom stereocenters. The van der Waals surface area contributed by atoms with Crippen molar-refractivity contribution in [3.63, 3.8) is 0 Å². The molecule has 106 valence electrons. The zero-order chi connectivity index (χ0) is 13.2. The summed E-state index contributed by atoms with van der Waals surface area (Å²) in [6.07, 6.45) is 2.90. The van der Waals surface area contributed by atoms with Crippen molar-refractivity contribution in [2.45, 2.75) is 26.2 Å². The first-order valence-corrected chi connectivity index (χ1v) is 7.17. The van der Waals surface area contributed by atoms with Crippen LogP contribution in [0.5, 0.6) is 0 Å². The lowest BCUT2D eigenvalue weighted by Crippen LogP contribution is -2.34. The lowest BCUT2D eigenvalue weighted by molar-refractivity contribution is -0.121. The molecular formula is C13H28N4O. The molecular weight excluding hydrogens is 228 g/mol. The molecule has 1 fully saturated rings. The third-order valence-corrected chi connectivity index (χ3v) is 3.39. The maximum atomic E-state index is 11.4. The minimum absolute atomic E-state index is 0.168. The highest BCUT2D eigenvalue weighted by molar-refractivity contribution is 5.75. The molecule has 0 aromatic heterocycles. The molecule has 0 aromatic rings. The van der Waals surface area contributed by atoms with E-state index in [2.05, 4.69) is 15.1 Å². The van der Waals surface area contributed by atoms with Gasteiger partial charge in [0.2, 0.25) is 5.91 Å². The summed E-state index contributed by atoms with van der Waals surface area (Å²) >= 11 is 0. The summed E-state index contributed by atoms with van der Waals surface area (Å²) in [6.45, 7) is 9.91. The van der Waals surface area contributed by atoms with Crippen LogP contribution in [-0.2, 0) is 4.79 Å². The van der Waals surface area contributed by atoms with Gasteiger partial charge in [0.25, 0.3) is 0 Å². The van der Waals surface area contributed by atoms with E-state index in [-0.39, 0.29) is 5.91 Å². The van der Waals surface area contributed by atoms with Gasteiger partial charge in [0.15, 0.2) is 0 Å². The van der Waals surface area contributed by atoms with Gasteiger partial charge in [0.1, 0.15) is 0 Å². The van der Waals surface area contributed by atoms with Crippen LogP contribution in [0.15, 0.2) is 0 Å². The number of nitrogens with zero attached hydrogens (tertiary/aromatic N) is 2. The Kier molecular flexibility index (Phi) is 7.96. The van der Waals surface area contributed by atoms with Crippen LogP contribution in [0.4, 0.5) is 0 Å². The Morgan fingerprint density at radius 2 is 1.83 bits per heavy atom. The fraction of sp³-hybridized carbons (Fsp3) is 0.923. The van der Waals surface area contributed by atoms with E-state index in [4.69, 9.17) is 5.73 Å². The van der Waals surface area contributed by atoms with Crippen molar-refractivity contribution in [2.24, 2.45) is 5.73 Å². The zero-order valence-electron chi connectivity index (χ0n) is 11.7. The zero-order valence-corrected chi connectivity index (χ0v) is 11.7. The topological polar surface area (TPSA) is 61.6 Å². The highest BCUT2D eigenvalue weighted by Crippen LogP contribution is 2.04. The molecule has 0 aliphatic carbocycles. The normalized spacial score (nSPS) is 18.6. The Hall–Kier alpha value is -0.650. The average molecular weight is 256 g/mol. The minimum atomic E-state index is 0.168. The van der Waals surface area contributed by atoms with Gasteiger partial charge in [0, 0.05) is 32.6 Å². The van der Waals surface area contributed by atoms with E-state index in [0.717, 1.165) is 58.8 Å². The second-order valence-corrected chi connectivity index (χ2v) is 4.88. The van der Waals surface area contributed by atoms with Gasteiger partial charge >= 0.3 is 0 Å². The van der Waals surface area contributed by atoms with Gasteiger partial charge < -0.3 is 20.9 Å². The molecule has 3 N–H and O–H groups in total. The Balaban J connectivity index is 2.18. The molecule has 5 nitrogen and oxygen atoms in total. The standard InChI is InChI=1S/C13H28N4O/c1-2-15-13(18)5-10-17-9-4-8-16(11-12-17)7-3-6-14/h2-12,14H2,1H3,(H,15,18). The van der Waals surface area contributed by atoms with Gasteiger partial charge in [0.05, 0.1) is 0 Å². The third kappa shape index (κ3) is 6.33. The van der Waals surface area contributed by atoms with Crippen molar-refractivity contribution < 1.29 is 4.79 Å². The molecule has 0 radical (unpaired) electrons. The van der Waals surface area contributed by atoms with Gasteiger partial charge in [-0.05, 0) is 45.9 Å². The molecule has 0 aromatic carbocycles. The lowest BCUT2D eigenvalue weighted by atomic mass is 10.3. The quantitative estimate of drug-likeness (QED) is 0.666. The van der Waals surface area contributed by atoms with Crippen LogP contribution in [0, 0.1) is 0 Å². The number of carbonyl (C=O) groups excluding carboxylic acids is 1. The molecule has 1 amide bonds. The molecule has 1 aliphatic heterocycles. The third-order valence-electron chi connectivity index (χ3n) is 3.39. The molecule has 0 unspecified atom stereocenters. The Morgan fingerprint density at radius 1 is 1.17 bits per heavy atom. The van der Waals surface area contributed by atoms with Gasteiger partial charge in [-0.25, -0.2) is 0 Å². The van der Waals surface area contributed by atoms with Crippen molar-refractivity contribution in [3.8, 4) is 0 Å². The summed E-state index contributed by atoms with van der Waals surface area (Å²) in [5.74, 6) is 0.168. The number of hydrogen-bond acceptors (Lipinski definition) is 4. The summed E-state index contributed by atoms with van der Waals surface area (Å²) in [5, 5.41) is 2.85. The Morgan fingerprint density at radius 3 is 2.44 bits per heavy atom. The number of amides is 1. The van der Waals surface area contributed by atoms with Crippen molar-refractivity contribution in [1.29, 1.82) is 0 Å². The SMILES string of the molecule is CCNC(=O)CCN1CCCN(CCCN)CC1. The van der Waals surface area contributed by atoms with Crippen LogP contribution in [-0.4, -0.2) is 68.1 Å². The number of carbonyl (C=O) groups is 1. The first-order chi connectivity index (χ1) is 8.76. The minimum Gasteiger partial charge on any atom is -0.356 e. The molecule has 1 saturated heterocycles. The van der Waals surface area contributed by atoms with Crippen LogP contribution in [0.25, 0.3) is 0 Å². The van der Waals surface area contributed by atoms with Gasteiger partial charge in [-0.3, -0.25) is 4.79 Å². The van der Waals surface area contributed by atoms with E-state index >= 15 is 0 Å². The van der Waals surface area contributed by atoms with Crippen LogP contribution >= 0.6 is 0 Å². The highest BCUT2D eigenvalue weighted by Gasteiger charge is 2.14. The molecule has 18 heavy (non-hydrogen) atoms. The fourth-order valence-electron chi connectivity index (χ4n) is 2.33. The van der Waals surface area contributed by atoms with E-state index in [1.54, 1.807) is 0 Å². The maximum absolute atomic E-state index is 11.4. The van der Waals surface area contributed by atoms with Crippen molar-refractivity contribution in [2.75, 3.05) is 52.4 Å². The largest absolute Gasteiger partial charge is 0.356 e. The van der Waals surface area contributed by atoms with E-state index in [1.165, 1.54) is 6.42 Å². The fourth-order valence-corrected chi connectivity index (χ4v) is 2.33. The van der Waals surface area contributed by atoms with Crippen molar-refractivity contribution >= 4 is 5.91 Å². The lowest BCUT2D eigenvalue weighted by Gasteiger charge is -2.21. The van der Waals surface area contributed by atoms with Gasteiger partial charge in [-0.2, -0.15) is 0 Å². The molecule has 1 aliphatic rings. The van der Waals surface area contributed by atoms with Gasteiger partial charge in [-0.1, -0.05) is 0 Å². The monoisotopic (exact) mass is 256 g/mol. The number of rotatable bonds is 7. The van der Waals surface area contributed by atoms with E-state index in [0.29, 0.717) is 6.42 Å². The summed E-state index contributed by atoms with van der Waals surface area (Å²) in [6, 6.07) is 0. The molecule has 1 heterocycles. The summed E-state index contributed by atoms with van der Waals surface area (Å²) < 4.78 is 0. The molecule has 0 saturated carbocycles. The predicted octanol–water partition coefficient (Wildman–Crippen LogP) is -0.131. The van der Waals surface area contributed by atoms with Crippen LogP contribution in [0.2, 0.25) is 0 Å². The number of nitrogens with one attached hydrogen (secondary N) is 1. The van der Waals surface area contributed by atoms with Crippen molar-refractivity contribution in [1.82, 2.24) is 15.1 Å². The first kappa shape index (κ1) is 15.4. The van der Waals surface area contributed by atoms with Crippen LogP contribution in [0.3, 0.4) is 0 Å². The highest BCUT2D eigenvalue weighted by atomic mass is 16.1. The van der Waals surface area contributed by atoms with E-state index < -0.39 is 0 Å². The second-order valence-electron chi connectivity index (χ2n) is 4.88. The summed E-state index contributed by atoms with van der Waals surface area (Å²) in [4.78, 5) is 16.3. The number of nitrogens with two attached hydrogens (primary N) is 1. The van der Waals surface area contributed by atoms with E-state index in [1.807, 2.05) is 6.92 Å². The summed E-state index contributed by atoms with van der Waals surface area (Å²) in [7, 11) is 0. The smallest absolute Gasteiger partial charge is 0.221 e. The average Bonchev–Trinajstić information content (AvgIpc) is 2.59. The van der Waals surface area contributed by atoms with Crippen molar-refractivity contribution in [3.05, 3.63) is 0 Å². The second kappa shape index (κ2) is 9.30. The Labute approximate surface area is 111 Å². The van der Waals surface area contributed by atoms with Crippen LogP contribution in [0.1, 0.15) is 26.2 Å². The predicted molar refractivity (Wildman–Crippen MR) is 74.5 cm³/mol. The molecule has 0 spiro atoms. The summed E-state index contributed by atoms with van der Waals surface area (Å²) in [5.41, 5.74) is 5.54. The first-order valence-electron chi connectivity index (χ1n) is 7.17. The van der Waals surface area contributed by atoms with Gasteiger partial charge in [-0.15, -0.1) is 0 Å². The number of hydrogen-bond donors (Lipinski definition) is 2. The molecule has 0 bridgehead atoms. The van der Waals surface area contributed by atoms with Crippen LogP contribution < -0.4 is 11.1 Å².